The number of carbonyl (C=O) groups excluding carboxylic acids is 1. The lowest BCUT2D eigenvalue weighted by molar-refractivity contribution is -0.137. The minimum atomic E-state index is -4.60. The van der Waals surface area contributed by atoms with E-state index in [9.17, 15) is 18.0 Å². The smallest absolute Gasteiger partial charge is 0.385 e. The van der Waals surface area contributed by atoms with Crippen molar-refractivity contribution in [2.45, 2.75) is 44.8 Å². The van der Waals surface area contributed by atoms with Gasteiger partial charge >= 0.3 is 6.18 Å². The van der Waals surface area contributed by atoms with Crippen LogP contribution in [0.5, 0.6) is 0 Å². The van der Waals surface area contributed by atoms with Crippen molar-refractivity contribution in [2.75, 3.05) is 11.9 Å². The number of rotatable bonds is 5. The van der Waals surface area contributed by atoms with Crippen LogP contribution in [0.15, 0.2) is 36.4 Å². The maximum Gasteiger partial charge on any atom is 0.417 e. The molecule has 1 heterocycles. The number of carbonyl (C=O) groups is 1. The molecule has 3 N–H and O–H groups in total. The van der Waals surface area contributed by atoms with E-state index in [0.717, 1.165) is 60.8 Å². The zero-order valence-electron chi connectivity index (χ0n) is 17.5. The number of benzene rings is 2. The van der Waals surface area contributed by atoms with E-state index < -0.39 is 22.7 Å². The van der Waals surface area contributed by atoms with Gasteiger partial charge in [0.25, 0.3) is 5.91 Å². The SMILES string of the molecule is Cc1nc2ccc(NCC3CCC(NC(=O)c4cccc(C(F)(F)F)c4Cl)CC3)cc2[nH]1. The summed E-state index contributed by atoms with van der Waals surface area (Å²) in [5.41, 5.74) is 1.81. The van der Waals surface area contributed by atoms with Crippen LogP contribution in [0, 0.1) is 12.8 Å². The molecule has 1 aliphatic carbocycles. The lowest BCUT2D eigenvalue weighted by Crippen LogP contribution is -2.38. The summed E-state index contributed by atoms with van der Waals surface area (Å²) in [6.45, 7) is 2.74. The monoisotopic (exact) mass is 464 g/mol. The van der Waals surface area contributed by atoms with Gasteiger partial charge in [-0.15, -0.1) is 0 Å². The van der Waals surface area contributed by atoms with Gasteiger partial charge in [0.2, 0.25) is 0 Å². The second-order valence-electron chi connectivity index (χ2n) is 8.29. The first-order chi connectivity index (χ1) is 15.2. The Balaban J connectivity index is 1.29. The van der Waals surface area contributed by atoms with Gasteiger partial charge in [-0.2, -0.15) is 13.2 Å². The van der Waals surface area contributed by atoms with E-state index in [1.165, 1.54) is 12.1 Å². The summed E-state index contributed by atoms with van der Waals surface area (Å²) in [5.74, 6) is 0.772. The van der Waals surface area contributed by atoms with Crippen molar-refractivity contribution < 1.29 is 18.0 Å². The van der Waals surface area contributed by atoms with E-state index in [1.54, 1.807) is 0 Å². The third-order valence-corrected chi connectivity index (χ3v) is 6.33. The van der Waals surface area contributed by atoms with Crippen LogP contribution in [0.1, 0.15) is 47.4 Å². The topological polar surface area (TPSA) is 69.8 Å². The van der Waals surface area contributed by atoms with Crippen LogP contribution in [-0.2, 0) is 6.18 Å². The van der Waals surface area contributed by atoms with Crippen molar-refractivity contribution in [1.82, 2.24) is 15.3 Å². The van der Waals surface area contributed by atoms with Gasteiger partial charge in [-0.1, -0.05) is 17.7 Å². The van der Waals surface area contributed by atoms with Gasteiger partial charge in [0.1, 0.15) is 5.82 Å². The summed E-state index contributed by atoms with van der Waals surface area (Å²) in [6, 6.07) is 9.35. The molecule has 1 amide bonds. The highest BCUT2D eigenvalue weighted by Crippen LogP contribution is 2.36. The van der Waals surface area contributed by atoms with Gasteiger partial charge in [0, 0.05) is 18.3 Å². The molecule has 32 heavy (non-hydrogen) atoms. The standard InChI is InChI=1S/C23H24ClF3N4O/c1-13-29-19-10-9-16(11-20(19)30-13)28-12-14-5-7-15(8-6-14)31-22(32)17-3-2-4-18(21(17)24)23(25,26)27/h2-4,9-11,14-15,28H,5-8,12H2,1H3,(H,29,30)(H,31,32). The molecule has 0 aliphatic heterocycles. The Kier molecular flexibility index (Phi) is 6.33. The molecule has 4 rings (SSSR count). The Bertz CT molecular complexity index is 1120. The number of aryl methyl sites for hydroxylation is 1. The Morgan fingerprint density at radius 2 is 1.94 bits per heavy atom. The first kappa shape index (κ1) is 22.5. The number of anilines is 1. The zero-order chi connectivity index (χ0) is 22.9. The van der Waals surface area contributed by atoms with E-state index in [4.69, 9.17) is 11.6 Å². The Morgan fingerprint density at radius 3 is 2.66 bits per heavy atom. The maximum absolute atomic E-state index is 13.0. The predicted molar refractivity (Wildman–Crippen MR) is 119 cm³/mol. The Labute approximate surface area is 188 Å². The first-order valence-electron chi connectivity index (χ1n) is 10.6. The summed E-state index contributed by atoms with van der Waals surface area (Å²) in [7, 11) is 0. The number of H-pyrrole nitrogens is 1. The highest BCUT2D eigenvalue weighted by atomic mass is 35.5. The number of nitrogens with zero attached hydrogens (tertiary/aromatic N) is 1. The quantitative estimate of drug-likeness (QED) is 0.437. The zero-order valence-corrected chi connectivity index (χ0v) is 18.3. The number of imidazole rings is 1. The molecular formula is C23H24ClF3N4O. The normalized spacial score (nSPS) is 19.2. The van der Waals surface area contributed by atoms with Crippen LogP contribution in [0.2, 0.25) is 5.02 Å². The summed E-state index contributed by atoms with van der Waals surface area (Å²) in [6.07, 6.45) is -1.22. The largest absolute Gasteiger partial charge is 0.417 e. The number of amides is 1. The molecule has 9 heteroatoms. The molecule has 0 saturated heterocycles. The number of hydrogen-bond donors (Lipinski definition) is 3. The highest BCUT2D eigenvalue weighted by molar-refractivity contribution is 6.34. The average Bonchev–Trinajstić information content (AvgIpc) is 3.11. The molecule has 1 fully saturated rings. The van der Waals surface area contributed by atoms with Gasteiger partial charge in [-0.3, -0.25) is 4.79 Å². The lowest BCUT2D eigenvalue weighted by Gasteiger charge is -2.29. The molecule has 0 unspecified atom stereocenters. The molecule has 2 aromatic carbocycles. The molecule has 0 radical (unpaired) electrons. The summed E-state index contributed by atoms with van der Waals surface area (Å²) in [5, 5.41) is 5.76. The number of aromatic amines is 1. The number of hydrogen-bond acceptors (Lipinski definition) is 3. The first-order valence-corrected chi connectivity index (χ1v) is 11.0. The summed E-state index contributed by atoms with van der Waals surface area (Å²) < 4.78 is 39.1. The highest BCUT2D eigenvalue weighted by Gasteiger charge is 2.35. The van der Waals surface area contributed by atoms with E-state index in [2.05, 4.69) is 20.6 Å². The number of alkyl halides is 3. The fourth-order valence-corrected chi connectivity index (χ4v) is 4.53. The number of aromatic nitrogens is 2. The molecule has 3 aromatic rings. The van der Waals surface area contributed by atoms with E-state index in [-0.39, 0.29) is 11.6 Å². The van der Waals surface area contributed by atoms with Crippen LogP contribution in [0.3, 0.4) is 0 Å². The van der Waals surface area contributed by atoms with Crippen LogP contribution in [0.25, 0.3) is 11.0 Å². The molecule has 1 aromatic heterocycles. The summed E-state index contributed by atoms with van der Waals surface area (Å²) >= 11 is 5.87. The van der Waals surface area contributed by atoms with Gasteiger partial charge in [0.05, 0.1) is 27.2 Å². The van der Waals surface area contributed by atoms with E-state index >= 15 is 0 Å². The van der Waals surface area contributed by atoms with Crippen molar-refractivity contribution in [1.29, 1.82) is 0 Å². The van der Waals surface area contributed by atoms with Gasteiger partial charge in [0.15, 0.2) is 0 Å². The number of nitrogens with one attached hydrogen (secondary N) is 3. The van der Waals surface area contributed by atoms with Crippen LogP contribution in [-0.4, -0.2) is 28.5 Å². The predicted octanol–water partition coefficient (Wildman–Crippen LogP) is 5.94. The van der Waals surface area contributed by atoms with Gasteiger partial charge in [-0.25, -0.2) is 4.98 Å². The molecule has 5 nitrogen and oxygen atoms in total. The molecular weight excluding hydrogens is 441 g/mol. The Hall–Kier alpha value is -2.74. The third kappa shape index (κ3) is 5.01. The second-order valence-corrected chi connectivity index (χ2v) is 8.67. The molecule has 170 valence electrons. The average molecular weight is 465 g/mol. The minimum absolute atomic E-state index is 0.0753. The van der Waals surface area contributed by atoms with Crippen molar-refractivity contribution >= 4 is 34.2 Å². The van der Waals surface area contributed by atoms with Crippen molar-refractivity contribution in [3.05, 3.63) is 58.4 Å². The van der Waals surface area contributed by atoms with Gasteiger partial charge < -0.3 is 15.6 Å². The molecule has 0 bridgehead atoms. The van der Waals surface area contributed by atoms with E-state index in [0.29, 0.717) is 5.92 Å². The minimum Gasteiger partial charge on any atom is -0.385 e. The molecule has 0 atom stereocenters. The number of fused-ring (bicyclic) bond motifs is 1. The third-order valence-electron chi connectivity index (χ3n) is 5.93. The van der Waals surface area contributed by atoms with Crippen LogP contribution < -0.4 is 10.6 Å². The molecule has 1 aliphatic rings. The van der Waals surface area contributed by atoms with Crippen molar-refractivity contribution in [3.8, 4) is 0 Å². The van der Waals surface area contributed by atoms with Crippen LogP contribution in [0.4, 0.5) is 18.9 Å². The second kappa shape index (κ2) is 9.02. The molecule has 0 spiro atoms. The Morgan fingerprint density at radius 1 is 1.19 bits per heavy atom. The van der Waals surface area contributed by atoms with E-state index in [1.807, 2.05) is 25.1 Å². The fraction of sp³-hybridized carbons (Fsp3) is 0.391. The van der Waals surface area contributed by atoms with Crippen LogP contribution >= 0.6 is 11.6 Å². The number of halogens is 4. The summed E-state index contributed by atoms with van der Waals surface area (Å²) in [4.78, 5) is 20.2. The van der Waals surface area contributed by atoms with Crippen molar-refractivity contribution in [3.63, 3.8) is 0 Å². The molecule has 1 saturated carbocycles. The lowest BCUT2D eigenvalue weighted by atomic mass is 9.86. The van der Waals surface area contributed by atoms with Crippen molar-refractivity contribution in [2.24, 2.45) is 5.92 Å². The fourth-order valence-electron chi connectivity index (χ4n) is 4.21. The maximum atomic E-state index is 13.0. The van der Waals surface area contributed by atoms with Gasteiger partial charge in [-0.05, 0) is 68.9 Å².